The fraction of sp³-hybridized carbons (Fsp3) is 0.579. The van der Waals surface area contributed by atoms with Gasteiger partial charge < -0.3 is 19.8 Å². The van der Waals surface area contributed by atoms with E-state index in [-0.39, 0.29) is 25.5 Å². The highest BCUT2D eigenvalue weighted by Crippen LogP contribution is 2.43. The molecule has 1 atom stereocenters. The highest BCUT2D eigenvalue weighted by Gasteiger charge is 2.55. The lowest BCUT2D eigenvalue weighted by atomic mass is 9.77. The van der Waals surface area contributed by atoms with E-state index >= 15 is 0 Å². The zero-order valence-corrected chi connectivity index (χ0v) is 15.1. The number of aliphatic hydroxyl groups excluding tert-OH is 1. The molecule has 0 aliphatic carbocycles. The van der Waals surface area contributed by atoms with Crippen LogP contribution in [0.25, 0.3) is 0 Å². The molecule has 1 aromatic carbocycles. The molecule has 2 saturated heterocycles. The molecule has 26 heavy (non-hydrogen) atoms. The lowest BCUT2D eigenvalue weighted by Crippen LogP contribution is -2.55. The van der Waals surface area contributed by atoms with E-state index in [1.54, 1.807) is 11.9 Å². The third kappa shape index (κ3) is 3.54. The Morgan fingerprint density at radius 3 is 2.73 bits per heavy atom. The Kier molecular flexibility index (Phi) is 5.48. The van der Waals surface area contributed by atoms with Crippen LogP contribution in [0.5, 0.6) is 5.75 Å². The van der Waals surface area contributed by atoms with Gasteiger partial charge in [-0.25, -0.2) is 0 Å². The number of benzene rings is 1. The molecule has 2 aliphatic rings. The van der Waals surface area contributed by atoms with Crippen molar-refractivity contribution in [1.82, 2.24) is 9.80 Å². The quantitative estimate of drug-likeness (QED) is 0.783. The van der Waals surface area contributed by atoms with Crippen molar-refractivity contribution in [2.75, 3.05) is 33.4 Å². The summed E-state index contributed by atoms with van der Waals surface area (Å²) in [4.78, 5) is 27.7. The van der Waals surface area contributed by atoms with Gasteiger partial charge in [0.1, 0.15) is 12.4 Å². The first-order valence-corrected chi connectivity index (χ1v) is 9.01. The molecule has 7 heteroatoms. The fourth-order valence-corrected chi connectivity index (χ4v) is 4.24. The number of aliphatic hydroxyl groups is 1. The van der Waals surface area contributed by atoms with Crippen LogP contribution < -0.4 is 4.74 Å². The molecule has 0 saturated carbocycles. The molecule has 0 bridgehead atoms. The average Bonchev–Trinajstić information content (AvgIpc) is 2.88. The fourth-order valence-electron chi connectivity index (χ4n) is 4.24. The second-order valence-electron chi connectivity index (χ2n) is 7.15. The number of amides is 1. The van der Waals surface area contributed by atoms with E-state index in [4.69, 9.17) is 9.84 Å². The summed E-state index contributed by atoms with van der Waals surface area (Å²) in [6.45, 7) is 2.51. The predicted molar refractivity (Wildman–Crippen MR) is 94.8 cm³/mol. The number of nitrogens with zero attached hydrogens (tertiary/aromatic N) is 2. The topological polar surface area (TPSA) is 90.3 Å². The molecule has 7 nitrogen and oxygen atoms in total. The van der Waals surface area contributed by atoms with E-state index in [1.165, 1.54) is 0 Å². The second kappa shape index (κ2) is 7.63. The van der Waals surface area contributed by atoms with Gasteiger partial charge in [-0.05, 0) is 30.5 Å². The molecule has 1 amide bonds. The maximum atomic E-state index is 12.1. The largest absolute Gasteiger partial charge is 0.491 e. The van der Waals surface area contributed by atoms with Gasteiger partial charge in [0, 0.05) is 33.1 Å². The van der Waals surface area contributed by atoms with E-state index in [0.717, 1.165) is 30.9 Å². The van der Waals surface area contributed by atoms with E-state index in [0.29, 0.717) is 12.8 Å². The highest BCUT2D eigenvalue weighted by molar-refractivity contribution is 5.88. The number of likely N-dealkylation sites (tertiary alicyclic amines) is 2. The van der Waals surface area contributed by atoms with Crippen LogP contribution in [0.4, 0.5) is 0 Å². The Morgan fingerprint density at radius 2 is 2.08 bits per heavy atom. The number of rotatable bonds is 6. The van der Waals surface area contributed by atoms with Crippen LogP contribution in [0.1, 0.15) is 24.8 Å². The van der Waals surface area contributed by atoms with Crippen molar-refractivity contribution in [3.63, 3.8) is 0 Å². The van der Waals surface area contributed by atoms with Crippen molar-refractivity contribution >= 4 is 11.9 Å². The molecular weight excluding hydrogens is 336 g/mol. The van der Waals surface area contributed by atoms with Crippen molar-refractivity contribution < 1.29 is 24.5 Å². The number of carboxylic acid groups (broad SMARTS) is 1. The number of carboxylic acids is 1. The van der Waals surface area contributed by atoms with Crippen LogP contribution in [0.15, 0.2) is 24.3 Å². The number of piperidine rings is 1. The zero-order chi connectivity index (χ0) is 18.7. The van der Waals surface area contributed by atoms with Crippen molar-refractivity contribution in [1.29, 1.82) is 0 Å². The molecular formula is C19H26N2O5. The Bertz CT molecular complexity index is 670. The summed E-state index contributed by atoms with van der Waals surface area (Å²) in [5.74, 6) is -0.820. The molecule has 1 aromatic rings. The van der Waals surface area contributed by atoms with Gasteiger partial charge in [0.15, 0.2) is 0 Å². The average molecular weight is 362 g/mol. The second-order valence-corrected chi connectivity index (χ2v) is 7.15. The van der Waals surface area contributed by atoms with Gasteiger partial charge in [-0.2, -0.15) is 0 Å². The SMILES string of the molecule is CN1C(=O)CC(C(=O)O)C12CCN(Cc1cccc(OCCO)c1)CC2. The molecule has 142 valence electrons. The van der Waals surface area contributed by atoms with Gasteiger partial charge in [-0.15, -0.1) is 0 Å². The van der Waals surface area contributed by atoms with Crippen molar-refractivity contribution in [2.24, 2.45) is 5.92 Å². The molecule has 0 radical (unpaired) electrons. The third-order valence-corrected chi connectivity index (χ3v) is 5.75. The van der Waals surface area contributed by atoms with Crippen LogP contribution in [-0.4, -0.2) is 70.8 Å². The minimum Gasteiger partial charge on any atom is -0.491 e. The van der Waals surface area contributed by atoms with E-state index in [9.17, 15) is 14.7 Å². The van der Waals surface area contributed by atoms with Crippen LogP contribution >= 0.6 is 0 Å². The predicted octanol–water partition coefficient (Wildman–Crippen LogP) is 0.955. The molecule has 2 heterocycles. The maximum Gasteiger partial charge on any atom is 0.309 e. The van der Waals surface area contributed by atoms with Gasteiger partial charge in [0.05, 0.1) is 18.1 Å². The Hall–Kier alpha value is -2.12. The Balaban J connectivity index is 1.63. The summed E-state index contributed by atoms with van der Waals surface area (Å²) >= 11 is 0. The van der Waals surface area contributed by atoms with E-state index < -0.39 is 17.4 Å². The molecule has 2 aliphatic heterocycles. The number of ether oxygens (including phenoxy) is 1. The number of aliphatic carboxylic acids is 1. The molecule has 1 unspecified atom stereocenters. The smallest absolute Gasteiger partial charge is 0.309 e. The zero-order valence-electron chi connectivity index (χ0n) is 15.1. The molecule has 2 N–H and O–H groups in total. The standard InChI is InChI=1S/C19H26N2O5/c1-20-17(23)12-16(18(24)25)19(20)5-7-21(8-6-19)13-14-3-2-4-15(11-14)26-10-9-22/h2-4,11,16,22H,5-10,12-13H2,1H3,(H,24,25). The lowest BCUT2D eigenvalue weighted by Gasteiger charge is -2.45. The maximum absolute atomic E-state index is 12.1. The van der Waals surface area contributed by atoms with Crippen LogP contribution in [0.3, 0.4) is 0 Å². The number of carbonyl (C=O) groups excluding carboxylic acids is 1. The molecule has 3 rings (SSSR count). The summed E-state index contributed by atoms with van der Waals surface area (Å²) in [5, 5.41) is 18.4. The number of hydrogen-bond donors (Lipinski definition) is 2. The first-order chi connectivity index (χ1) is 12.5. The Morgan fingerprint density at radius 1 is 1.35 bits per heavy atom. The van der Waals surface area contributed by atoms with E-state index in [1.807, 2.05) is 24.3 Å². The van der Waals surface area contributed by atoms with Gasteiger partial charge >= 0.3 is 5.97 Å². The summed E-state index contributed by atoms with van der Waals surface area (Å²) in [6, 6.07) is 7.78. The van der Waals surface area contributed by atoms with Crippen molar-refractivity contribution in [3.05, 3.63) is 29.8 Å². The molecule has 2 fully saturated rings. The lowest BCUT2D eigenvalue weighted by molar-refractivity contribution is -0.146. The van der Waals surface area contributed by atoms with Crippen molar-refractivity contribution in [3.8, 4) is 5.75 Å². The monoisotopic (exact) mass is 362 g/mol. The van der Waals surface area contributed by atoms with Crippen LogP contribution in [-0.2, 0) is 16.1 Å². The van der Waals surface area contributed by atoms with Gasteiger partial charge in [0.25, 0.3) is 0 Å². The first kappa shape index (κ1) is 18.7. The summed E-state index contributed by atoms with van der Waals surface area (Å²) in [6.07, 6.45) is 1.45. The van der Waals surface area contributed by atoms with Gasteiger partial charge in [-0.3, -0.25) is 14.5 Å². The molecule has 1 spiro atoms. The number of carbonyl (C=O) groups is 2. The van der Waals surface area contributed by atoms with Gasteiger partial charge in [-0.1, -0.05) is 12.1 Å². The van der Waals surface area contributed by atoms with Gasteiger partial charge in [0.2, 0.25) is 5.91 Å². The summed E-state index contributed by atoms with van der Waals surface area (Å²) in [7, 11) is 1.74. The summed E-state index contributed by atoms with van der Waals surface area (Å²) < 4.78 is 5.45. The normalized spacial score (nSPS) is 22.8. The van der Waals surface area contributed by atoms with E-state index in [2.05, 4.69) is 4.90 Å². The van der Waals surface area contributed by atoms with Crippen LogP contribution in [0, 0.1) is 5.92 Å². The minimum absolute atomic E-state index is 0.0184. The minimum atomic E-state index is -0.870. The first-order valence-electron chi connectivity index (χ1n) is 9.01. The Labute approximate surface area is 153 Å². The van der Waals surface area contributed by atoms with Crippen LogP contribution in [0.2, 0.25) is 0 Å². The highest BCUT2D eigenvalue weighted by atomic mass is 16.5. The summed E-state index contributed by atoms with van der Waals surface area (Å²) in [5.41, 5.74) is 0.563. The van der Waals surface area contributed by atoms with Crippen molar-refractivity contribution in [2.45, 2.75) is 31.3 Å². The third-order valence-electron chi connectivity index (χ3n) is 5.75. The molecule has 0 aromatic heterocycles. The number of hydrogen-bond acceptors (Lipinski definition) is 5.